The van der Waals surface area contributed by atoms with Gasteiger partial charge in [0.25, 0.3) is 5.91 Å². The molecule has 0 atom stereocenters. The molecular formula is C18H12BrF3N2O2. The lowest BCUT2D eigenvalue weighted by Gasteiger charge is -2.06. The smallest absolute Gasteiger partial charge is 0.416 e. The first-order valence-corrected chi connectivity index (χ1v) is 8.24. The molecule has 0 saturated carbocycles. The standard InChI is InChI=1S/C18H12BrF3N2O2/c1-10-2-7-14(13(19)8-10)23-16(25)15-9-26-17(24-15)11-3-5-12(6-4-11)18(20,21)22/h2-9H,1H3,(H,23,25). The normalized spacial score (nSPS) is 11.4. The Kier molecular flexibility index (Phi) is 4.86. The second-order valence-electron chi connectivity index (χ2n) is 5.55. The summed E-state index contributed by atoms with van der Waals surface area (Å²) in [5.41, 5.74) is 1.19. The van der Waals surface area contributed by atoms with E-state index in [0.717, 1.165) is 28.4 Å². The van der Waals surface area contributed by atoms with E-state index in [2.05, 4.69) is 26.2 Å². The highest BCUT2D eigenvalue weighted by Crippen LogP contribution is 2.31. The molecular weight excluding hydrogens is 413 g/mol. The molecule has 3 rings (SSSR count). The number of nitrogens with one attached hydrogen (secondary N) is 1. The second-order valence-corrected chi connectivity index (χ2v) is 6.40. The van der Waals surface area contributed by atoms with Crippen LogP contribution in [-0.4, -0.2) is 10.9 Å². The molecule has 3 aromatic rings. The van der Waals surface area contributed by atoms with Crippen LogP contribution < -0.4 is 5.32 Å². The highest BCUT2D eigenvalue weighted by molar-refractivity contribution is 9.10. The molecule has 1 heterocycles. The van der Waals surface area contributed by atoms with Gasteiger partial charge in [-0.05, 0) is 64.8 Å². The van der Waals surface area contributed by atoms with E-state index < -0.39 is 17.6 Å². The molecule has 0 fully saturated rings. The quantitative estimate of drug-likeness (QED) is 0.587. The second kappa shape index (κ2) is 6.95. The minimum atomic E-state index is -4.42. The Morgan fingerprint density at radius 2 is 1.85 bits per heavy atom. The molecule has 1 amide bonds. The van der Waals surface area contributed by atoms with E-state index in [0.29, 0.717) is 11.3 Å². The van der Waals surface area contributed by atoms with Crippen LogP contribution in [0.2, 0.25) is 0 Å². The Morgan fingerprint density at radius 3 is 2.46 bits per heavy atom. The van der Waals surface area contributed by atoms with Crippen LogP contribution in [0.1, 0.15) is 21.6 Å². The van der Waals surface area contributed by atoms with Crippen molar-refractivity contribution in [2.24, 2.45) is 0 Å². The van der Waals surface area contributed by atoms with Crippen LogP contribution in [0.3, 0.4) is 0 Å². The van der Waals surface area contributed by atoms with Crippen molar-refractivity contribution < 1.29 is 22.4 Å². The summed E-state index contributed by atoms with van der Waals surface area (Å²) >= 11 is 3.36. The van der Waals surface area contributed by atoms with Crippen LogP contribution >= 0.6 is 15.9 Å². The number of rotatable bonds is 3. The summed E-state index contributed by atoms with van der Waals surface area (Å²) in [6, 6.07) is 9.79. The SMILES string of the molecule is Cc1ccc(NC(=O)c2coc(-c3ccc(C(F)(F)F)cc3)n2)c(Br)c1. The molecule has 0 aliphatic heterocycles. The largest absolute Gasteiger partial charge is 0.444 e. The lowest BCUT2D eigenvalue weighted by Crippen LogP contribution is -2.12. The van der Waals surface area contributed by atoms with Gasteiger partial charge in [0, 0.05) is 10.0 Å². The summed E-state index contributed by atoms with van der Waals surface area (Å²) in [6.07, 6.45) is -3.26. The van der Waals surface area contributed by atoms with Gasteiger partial charge in [-0.3, -0.25) is 4.79 Å². The van der Waals surface area contributed by atoms with Gasteiger partial charge < -0.3 is 9.73 Å². The number of amides is 1. The van der Waals surface area contributed by atoms with Crippen molar-refractivity contribution in [3.63, 3.8) is 0 Å². The van der Waals surface area contributed by atoms with Gasteiger partial charge in [0.05, 0.1) is 11.3 Å². The van der Waals surface area contributed by atoms with Crippen molar-refractivity contribution in [3.05, 3.63) is 70.0 Å². The van der Waals surface area contributed by atoms with Crippen molar-refractivity contribution in [2.45, 2.75) is 13.1 Å². The van der Waals surface area contributed by atoms with E-state index >= 15 is 0 Å². The highest BCUT2D eigenvalue weighted by atomic mass is 79.9. The van der Waals surface area contributed by atoms with Crippen molar-refractivity contribution in [2.75, 3.05) is 5.32 Å². The summed E-state index contributed by atoms with van der Waals surface area (Å²) in [6.45, 7) is 1.92. The summed E-state index contributed by atoms with van der Waals surface area (Å²) in [5, 5.41) is 2.69. The third kappa shape index (κ3) is 3.96. The number of carbonyl (C=O) groups is 1. The van der Waals surface area contributed by atoms with Gasteiger partial charge in [-0.15, -0.1) is 0 Å². The highest BCUT2D eigenvalue weighted by Gasteiger charge is 2.30. The Labute approximate surface area is 155 Å². The van der Waals surface area contributed by atoms with Crippen LogP contribution in [0.25, 0.3) is 11.5 Å². The molecule has 0 aliphatic carbocycles. The predicted molar refractivity (Wildman–Crippen MR) is 93.8 cm³/mol. The van der Waals surface area contributed by atoms with Crippen LogP contribution in [0.15, 0.2) is 57.6 Å². The fourth-order valence-corrected chi connectivity index (χ4v) is 2.81. The maximum absolute atomic E-state index is 12.6. The number of alkyl halides is 3. The van der Waals surface area contributed by atoms with E-state index in [-0.39, 0.29) is 11.6 Å². The number of carbonyl (C=O) groups excluding carboxylic acids is 1. The maximum atomic E-state index is 12.6. The average Bonchev–Trinajstić information content (AvgIpc) is 3.07. The third-order valence-corrected chi connectivity index (χ3v) is 4.22. The molecule has 0 bridgehead atoms. The lowest BCUT2D eigenvalue weighted by atomic mass is 10.1. The zero-order valence-corrected chi connectivity index (χ0v) is 15.0. The molecule has 0 spiro atoms. The number of aryl methyl sites for hydroxylation is 1. The zero-order valence-electron chi connectivity index (χ0n) is 13.4. The molecule has 0 unspecified atom stereocenters. The lowest BCUT2D eigenvalue weighted by molar-refractivity contribution is -0.137. The fourth-order valence-electron chi connectivity index (χ4n) is 2.22. The number of hydrogen-bond donors (Lipinski definition) is 1. The summed E-state index contributed by atoms with van der Waals surface area (Å²) in [4.78, 5) is 16.3. The Hall–Kier alpha value is -2.61. The topological polar surface area (TPSA) is 55.1 Å². The molecule has 1 aromatic heterocycles. The van der Waals surface area contributed by atoms with Gasteiger partial charge in [-0.25, -0.2) is 4.98 Å². The summed E-state index contributed by atoms with van der Waals surface area (Å²) in [7, 11) is 0. The number of benzene rings is 2. The Morgan fingerprint density at radius 1 is 1.15 bits per heavy atom. The first-order valence-electron chi connectivity index (χ1n) is 7.45. The van der Waals surface area contributed by atoms with Gasteiger partial charge >= 0.3 is 6.18 Å². The fraction of sp³-hybridized carbons (Fsp3) is 0.111. The predicted octanol–water partition coefficient (Wildman–Crippen LogP) is 5.68. The van der Waals surface area contributed by atoms with Crippen molar-refractivity contribution in [1.29, 1.82) is 0 Å². The molecule has 0 saturated heterocycles. The molecule has 2 aromatic carbocycles. The molecule has 134 valence electrons. The molecule has 0 aliphatic rings. The molecule has 26 heavy (non-hydrogen) atoms. The van der Waals surface area contributed by atoms with E-state index in [4.69, 9.17) is 4.42 Å². The first-order chi connectivity index (χ1) is 12.2. The monoisotopic (exact) mass is 424 g/mol. The minimum Gasteiger partial charge on any atom is -0.444 e. The van der Waals surface area contributed by atoms with Gasteiger partial charge in [0.1, 0.15) is 6.26 Å². The van der Waals surface area contributed by atoms with E-state index in [1.54, 1.807) is 6.07 Å². The van der Waals surface area contributed by atoms with Crippen molar-refractivity contribution >= 4 is 27.5 Å². The van der Waals surface area contributed by atoms with Crippen LogP contribution in [0.4, 0.5) is 18.9 Å². The summed E-state index contributed by atoms with van der Waals surface area (Å²) < 4.78 is 43.7. The molecule has 4 nitrogen and oxygen atoms in total. The van der Waals surface area contributed by atoms with E-state index in [9.17, 15) is 18.0 Å². The maximum Gasteiger partial charge on any atom is 0.416 e. The number of nitrogens with zero attached hydrogens (tertiary/aromatic N) is 1. The average molecular weight is 425 g/mol. The zero-order chi connectivity index (χ0) is 18.9. The molecule has 8 heteroatoms. The molecule has 1 N–H and O–H groups in total. The van der Waals surface area contributed by atoms with Gasteiger partial charge in [-0.1, -0.05) is 6.07 Å². The van der Waals surface area contributed by atoms with Gasteiger partial charge in [0.2, 0.25) is 5.89 Å². The number of oxazole rings is 1. The van der Waals surface area contributed by atoms with Crippen molar-refractivity contribution in [1.82, 2.24) is 4.98 Å². The summed E-state index contributed by atoms with van der Waals surface area (Å²) in [5.74, 6) is -0.427. The van der Waals surface area contributed by atoms with Crippen molar-refractivity contribution in [3.8, 4) is 11.5 Å². The van der Waals surface area contributed by atoms with Crippen LogP contribution in [0.5, 0.6) is 0 Å². The number of aromatic nitrogens is 1. The van der Waals surface area contributed by atoms with Crippen LogP contribution in [-0.2, 0) is 6.18 Å². The Balaban J connectivity index is 1.77. The number of hydrogen-bond acceptors (Lipinski definition) is 3. The Bertz CT molecular complexity index is 950. The minimum absolute atomic E-state index is 0.0207. The van der Waals surface area contributed by atoms with E-state index in [1.165, 1.54) is 12.1 Å². The number of halogens is 4. The van der Waals surface area contributed by atoms with E-state index in [1.807, 2.05) is 19.1 Å². The first kappa shape index (κ1) is 18.2. The van der Waals surface area contributed by atoms with Crippen LogP contribution in [0, 0.1) is 6.92 Å². The number of anilines is 1. The molecule has 0 radical (unpaired) electrons. The van der Waals surface area contributed by atoms with Gasteiger partial charge in [-0.2, -0.15) is 13.2 Å². The van der Waals surface area contributed by atoms with Gasteiger partial charge in [0.15, 0.2) is 5.69 Å². The third-order valence-electron chi connectivity index (χ3n) is 3.57.